The molecule has 0 saturated carbocycles. The van der Waals surface area contributed by atoms with Crippen molar-refractivity contribution >= 4 is 5.82 Å². The predicted octanol–water partition coefficient (Wildman–Crippen LogP) is 4.20. The van der Waals surface area contributed by atoms with Crippen molar-refractivity contribution in [3.63, 3.8) is 0 Å². The lowest BCUT2D eigenvalue weighted by Crippen LogP contribution is -2.04. The van der Waals surface area contributed by atoms with Gasteiger partial charge < -0.3 is 15.2 Å². The number of hydrogen-bond donors (Lipinski definition) is 1. The summed E-state index contributed by atoms with van der Waals surface area (Å²) in [6.45, 7) is 1.88. The van der Waals surface area contributed by atoms with Gasteiger partial charge in [0.15, 0.2) is 0 Å². The fourth-order valence-electron chi connectivity index (χ4n) is 3.07. The van der Waals surface area contributed by atoms with E-state index in [1.165, 1.54) is 0 Å². The summed E-state index contributed by atoms with van der Waals surface area (Å²) in [5.74, 6) is 1.64. The SMILES string of the molecule is COc1ccc(-c2c(C)nc(N)c(C#N)c2-c2ccccc2OC)cc1. The minimum Gasteiger partial charge on any atom is -0.497 e. The molecular formula is C21H19N3O2. The molecule has 0 radical (unpaired) electrons. The highest BCUT2D eigenvalue weighted by Gasteiger charge is 2.21. The summed E-state index contributed by atoms with van der Waals surface area (Å²) in [7, 11) is 3.23. The van der Waals surface area contributed by atoms with Crippen molar-refractivity contribution in [2.75, 3.05) is 20.0 Å². The van der Waals surface area contributed by atoms with Crippen LogP contribution >= 0.6 is 0 Å². The Bertz CT molecular complexity index is 989. The van der Waals surface area contributed by atoms with Crippen LogP contribution in [0.3, 0.4) is 0 Å². The van der Waals surface area contributed by atoms with Crippen LogP contribution in [0.15, 0.2) is 48.5 Å². The van der Waals surface area contributed by atoms with Crippen LogP contribution in [0.5, 0.6) is 11.5 Å². The first-order valence-electron chi connectivity index (χ1n) is 8.08. The van der Waals surface area contributed by atoms with Crippen LogP contribution in [0.1, 0.15) is 11.3 Å². The minimum absolute atomic E-state index is 0.211. The largest absolute Gasteiger partial charge is 0.497 e. The number of nitrogen functional groups attached to an aromatic ring is 1. The van der Waals surface area contributed by atoms with Gasteiger partial charge in [0, 0.05) is 22.4 Å². The number of nitrogens with two attached hydrogens (primary N) is 1. The number of para-hydroxylation sites is 1. The average Bonchev–Trinajstić information content (AvgIpc) is 2.67. The summed E-state index contributed by atoms with van der Waals surface area (Å²) in [6.07, 6.45) is 0. The van der Waals surface area contributed by atoms with Gasteiger partial charge in [-0.3, -0.25) is 0 Å². The van der Waals surface area contributed by atoms with E-state index in [1.54, 1.807) is 14.2 Å². The second kappa shape index (κ2) is 7.16. The van der Waals surface area contributed by atoms with Crippen molar-refractivity contribution in [3.8, 4) is 39.8 Å². The Morgan fingerprint density at radius 2 is 1.65 bits per heavy atom. The molecule has 0 aliphatic carbocycles. The number of nitrogens with zero attached hydrogens (tertiary/aromatic N) is 2. The Labute approximate surface area is 152 Å². The molecule has 0 saturated heterocycles. The Kier molecular flexibility index (Phi) is 4.76. The van der Waals surface area contributed by atoms with Gasteiger partial charge in [-0.1, -0.05) is 30.3 Å². The quantitative estimate of drug-likeness (QED) is 0.766. The highest BCUT2D eigenvalue weighted by atomic mass is 16.5. The van der Waals surface area contributed by atoms with Gasteiger partial charge in [-0.15, -0.1) is 0 Å². The third-order valence-corrected chi connectivity index (χ3v) is 4.27. The Hall–Kier alpha value is -3.52. The van der Waals surface area contributed by atoms with E-state index in [4.69, 9.17) is 15.2 Å². The standard InChI is InChI=1S/C21H19N3O2/c1-13-19(14-8-10-15(25-2)11-9-14)20(17(12-22)21(23)24-13)16-6-4-5-7-18(16)26-3/h4-11H,1-3H3,(H2,23,24). The predicted molar refractivity (Wildman–Crippen MR) is 102 cm³/mol. The maximum atomic E-state index is 9.74. The molecule has 0 atom stereocenters. The Balaban J connectivity index is 2.39. The fraction of sp³-hybridized carbons (Fsp3) is 0.143. The van der Waals surface area contributed by atoms with E-state index < -0.39 is 0 Å². The third-order valence-electron chi connectivity index (χ3n) is 4.27. The van der Waals surface area contributed by atoms with Crippen LogP contribution in [-0.4, -0.2) is 19.2 Å². The molecule has 5 heteroatoms. The molecule has 26 heavy (non-hydrogen) atoms. The van der Waals surface area contributed by atoms with E-state index in [9.17, 15) is 5.26 Å². The van der Waals surface area contributed by atoms with Gasteiger partial charge in [0.25, 0.3) is 0 Å². The summed E-state index contributed by atoms with van der Waals surface area (Å²) in [5.41, 5.74) is 10.4. The van der Waals surface area contributed by atoms with Crippen molar-refractivity contribution < 1.29 is 9.47 Å². The maximum absolute atomic E-state index is 9.74. The first-order valence-corrected chi connectivity index (χ1v) is 8.08. The lowest BCUT2D eigenvalue weighted by Gasteiger charge is -2.18. The minimum atomic E-state index is 0.211. The van der Waals surface area contributed by atoms with E-state index in [1.807, 2.05) is 55.5 Å². The molecule has 0 aliphatic rings. The van der Waals surface area contributed by atoms with Gasteiger partial charge in [-0.05, 0) is 30.7 Å². The number of aryl methyl sites for hydroxylation is 1. The average molecular weight is 345 g/mol. The molecule has 0 unspecified atom stereocenters. The lowest BCUT2D eigenvalue weighted by molar-refractivity contribution is 0.415. The third kappa shape index (κ3) is 2.93. The van der Waals surface area contributed by atoms with Gasteiger partial charge in [0.05, 0.1) is 14.2 Å². The summed E-state index contributed by atoms with van der Waals surface area (Å²) >= 11 is 0. The summed E-state index contributed by atoms with van der Waals surface area (Å²) < 4.78 is 10.8. The number of anilines is 1. The Morgan fingerprint density at radius 1 is 0.962 bits per heavy atom. The molecule has 3 aromatic rings. The highest BCUT2D eigenvalue weighted by molar-refractivity contribution is 5.93. The zero-order valence-corrected chi connectivity index (χ0v) is 14.9. The van der Waals surface area contributed by atoms with Gasteiger partial charge >= 0.3 is 0 Å². The van der Waals surface area contributed by atoms with Crippen molar-refractivity contribution in [1.29, 1.82) is 5.26 Å². The van der Waals surface area contributed by atoms with E-state index in [2.05, 4.69) is 11.1 Å². The summed E-state index contributed by atoms with van der Waals surface area (Å²) in [4.78, 5) is 4.39. The van der Waals surface area contributed by atoms with Crippen LogP contribution in [-0.2, 0) is 0 Å². The van der Waals surface area contributed by atoms with E-state index in [0.29, 0.717) is 11.3 Å². The smallest absolute Gasteiger partial charge is 0.142 e. The zero-order valence-electron chi connectivity index (χ0n) is 14.9. The van der Waals surface area contributed by atoms with E-state index in [-0.39, 0.29) is 5.82 Å². The number of benzene rings is 2. The molecule has 1 heterocycles. The molecule has 0 spiro atoms. The zero-order chi connectivity index (χ0) is 18.7. The topological polar surface area (TPSA) is 81.2 Å². The number of ether oxygens (including phenoxy) is 2. The second-order valence-corrected chi connectivity index (χ2v) is 5.75. The van der Waals surface area contributed by atoms with Crippen LogP contribution in [0.25, 0.3) is 22.3 Å². The molecule has 2 aromatic carbocycles. The van der Waals surface area contributed by atoms with Crippen LogP contribution < -0.4 is 15.2 Å². The van der Waals surface area contributed by atoms with Gasteiger partial charge in [-0.2, -0.15) is 5.26 Å². The number of nitriles is 1. The Morgan fingerprint density at radius 3 is 2.27 bits per heavy atom. The summed E-state index contributed by atoms with van der Waals surface area (Å²) in [5, 5.41) is 9.74. The van der Waals surface area contributed by atoms with Crippen LogP contribution in [0, 0.1) is 18.3 Å². The number of pyridine rings is 1. The molecule has 0 aliphatic heterocycles. The fourth-order valence-corrected chi connectivity index (χ4v) is 3.07. The van der Waals surface area contributed by atoms with Crippen molar-refractivity contribution in [1.82, 2.24) is 4.98 Å². The highest BCUT2D eigenvalue weighted by Crippen LogP contribution is 2.42. The van der Waals surface area contributed by atoms with Crippen molar-refractivity contribution in [2.45, 2.75) is 6.92 Å². The van der Waals surface area contributed by atoms with Crippen LogP contribution in [0.4, 0.5) is 5.82 Å². The van der Waals surface area contributed by atoms with Gasteiger partial charge in [-0.25, -0.2) is 4.98 Å². The normalized spacial score (nSPS) is 10.2. The summed E-state index contributed by atoms with van der Waals surface area (Å²) in [6, 6.07) is 17.4. The number of aromatic nitrogens is 1. The molecule has 3 rings (SSSR count). The molecule has 0 bridgehead atoms. The molecule has 2 N–H and O–H groups in total. The van der Waals surface area contributed by atoms with Crippen molar-refractivity contribution in [3.05, 3.63) is 59.8 Å². The molecule has 0 fully saturated rings. The van der Waals surface area contributed by atoms with Crippen LogP contribution in [0.2, 0.25) is 0 Å². The number of hydrogen-bond acceptors (Lipinski definition) is 5. The number of methoxy groups -OCH3 is 2. The first kappa shape index (κ1) is 17.3. The van der Waals surface area contributed by atoms with E-state index >= 15 is 0 Å². The maximum Gasteiger partial charge on any atom is 0.142 e. The lowest BCUT2D eigenvalue weighted by atomic mass is 9.89. The molecule has 0 amide bonds. The second-order valence-electron chi connectivity index (χ2n) is 5.75. The van der Waals surface area contributed by atoms with Gasteiger partial charge in [0.2, 0.25) is 0 Å². The van der Waals surface area contributed by atoms with Gasteiger partial charge in [0.1, 0.15) is 28.9 Å². The monoisotopic (exact) mass is 345 g/mol. The van der Waals surface area contributed by atoms with Crippen molar-refractivity contribution in [2.24, 2.45) is 0 Å². The molecule has 130 valence electrons. The molecule has 1 aromatic heterocycles. The number of rotatable bonds is 4. The molecule has 5 nitrogen and oxygen atoms in total. The molecular weight excluding hydrogens is 326 g/mol. The first-order chi connectivity index (χ1) is 12.6. The van der Waals surface area contributed by atoms with E-state index in [0.717, 1.165) is 33.7 Å².